The first-order chi connectivity index (χ1) is 33.7. The normalized spacial score (nSPS) is 22.0. The number of amides is 4. The summed E-state index contributed by atoms with van der Waals surface area (Å²) in [5, 5.41) is 46.9. The maximum atomic E-state index is 14.3. The van der Waals surface area contributed by atoms with Crippen LogP contribution < -0.4 is 15.5 Å². The maximum Gasteiger partial charge on any atom is 0.318 e. The van der Waals surface area contributed by atoms with E-state index < -0.39 is 29.5 Å². The molecule has 4 amide bonds. The Morgan fingerprint density at radius 2 is 1.74 bits per heavy atom. The molecule has 5 aromatic rings. The second-order valence-corrected chi connectivity index (χ2v) is 21.0. The van der Waals surface area contributed by atoms with E-state index in [4.69, 9.17) is 16.4 Å². The average molecular weight is 950 g/mol. The van der Waals surface area contributed by atoms with Crippen molar-refractivity contribution in [2.75, 3.05) is 50.8 Å². The van der Waals surface area contributed by atoms with Gasteiger partial charge in [0.1, 0.15) is 17.8 Å². The van der Waals surface area contributed by atoms with Gasteiger partial charge in [0, 0.05) is 104 Å². The van der Waals surface area contributed by atoms with Crippen molar-refractivity contribution in [1.29, 1.82) is 0 Å². The van der Waals surface area contributed by atoms with Crippen LogP contribution in [0, 0.1) is 23.2 Å². The number of likely N-dealkylation sites (tertiary alicyclic amines) is 3. The van der Waals surface area contributed by atoms with E-state index in [9.17, 15) is 29.7 Å². The molecule has 366 valence electrons. The molecule has 3 aromatic heterocycles. The van der Waals surface area contributed by atoms with Gasteiger partial charge < -0.3 is 50.5 Å². The first-order valence-electron chi connectivity index (χ1n) is 24.7. The van der Waals surface area contributed by atoms with E-state index in [0.717, 1.165) is 90.7 Å². The standard InChI is InChI=1S/C53H63N11O6/c1-5-33-10-12-34(13-11-33)26-54-48(68)43-22-38(66)29-64(43)49(69)46(52(3,4)17-21-65)58-51(70)62-30-53(31-62)24-37(25-53)61-18-14-35(15-19-61)36-27-55-50(56-28-36)63-20-16-41-45(32(63)2)40-23-42(59-60-47(40)57-41)39-8-6-7-9-44(39)67/h1,6-13,23,27-28,32,35,37-38,43,46,65-67H,14-22,24-26,29-31H2,2-4H3,(H,54,68)(H,57,60)(H,58,70)/t32-,38-,43+,46-/m1/s1. The van der Waals surface area contributed by atoms with Crippen LogP contribution in [0.1, 0.15) is 99.2 Å². The molecule has 4 atom stereocenters. The first kappa shape index (κ1) is 47.1. The molecule has 1 saturated carbocycles. The lowest BCUT2D eigenvalue weighted by Crippen LogP contribution is -2.70. The number of urea groups is 1. The SMILES string of the molecule is C#Cc1ccc(CNC(=O)[C@@H]2C[C@@H](O)CN2C(=O)[C@@H](NC(=O)N2CC3(CC(N4CCC(c5cnc(N6CCc7[nH]c8nnc(-c9ccccc9O)cc8c7[C@H]6C)nc5)CC4)C3)C2)C(C)(C)CCO)cc1. The topological polar surface area (TPSA) is 216 Å². The third kappa shape index (κ3) is 9.04. The molecule has 10 rings (SSSR count). The number of carbonyl (C=O) groups excluding carboxylic acids is 3. The Labute approximate surface area is 408 Å². The molecule has 0 unspecified atom stereocenters. The maximum absolute atomic E-state index is 14.3. The highest BCUT2D eigenvalue weighted by atomic mass is 16.3. The highest BCUT2D eigenvalue weighted by Gasteiger charge is 2.56. The van der Waals surface area contributed by atoms with Gasteiger partial charge >= 0.3 is 6.03 Å². The molecule has 5 aliphatic rings. The number of aromatic amines is 1. The monoisotopic (exact) mass is 949 g/mol. The minimum Gasteiger partial charge on any atom is -0.507 e. The van der Waals surface area contributed by atoms with Crippen LogP contribution in [-0.4, -0.2) is 143 Å². The highest BCUT2D eigenvalue weighted by Crippen LogP contribution is 2.51. The van der Waals surface area contributed by atoms with Gasteiger partial charge in [-0.3, -0.25) is 9.59 Å². The third-order valence-corrected chi connectivity index (χ3v) is 16.0. The zero-order valence-corrected chi connectivity index (χ0v) is 40.1. The number of benzene rings is 2. The van der Waals surface area contributed by atoms with Gasteiger partial charge in [0.25, 0.3) is 0 Å². The zero-order valence-electron chi connectivity index (χ0n) is 40.1. The zero-order chi connectivity index (χ0) is 48.9. The van der Waals surface area contributed by atoms with Gasteiger partial charge in [-0.2, -0.15) is 0 Å². The van der Waals surface area contributed by atoms with Crippen LogP contribution in [0.3, 0.4) is 0 Å². The predicted molar refractivity (Wildman–Crippen MR) is 263 cm³/mol. The lowest BCUT2D eigenvalue weighted by molar-refractivity contribution is -0.142. The number of rotatable bonds is 12. The molecule has 0 bridgehead atoms. The minimum absolute atomic E-state index is 0.00207. The first-order valence-corrected chi connectivity index (χ1v) is 24.7. The number of carbonyl (C=O) groups is 3. The fourth-order valence-corrected chi connectivity index (χ4v) is 11.8. The number of fused-ring (bicyclic) bond motifs is 3. The number of nitrogens with one attached hydrogen (secondary N) is 3. The quantitative estimate of drug-likeness (QED) is 0.0945. The molecule has 6 N–H and O–H groups in total. The molecule has 7 heterocycles. The van der Waals surface area contributed by atoms with Gasteiger partial charge in [0.05, 0.1) is 17.8 Å². The Bertz CT molecular complexity index is 2790. The predicted octanol–water partition coefficient (Wildman–Crippen LogP) is 4.63. The number of hydrogen-bond donors (Lipinski definition) is 6. The van der Waals surface area contributed by atoms with Gasteiger partial charge in [-0.1, -0.05) is 44.0 Å². The number of aromatic hydroxyl groups is 1. The lowest BCUT2D eigenvalue weighted by atomic mass is 9.60. The number of anilines is 1. The number of para-hydroxylation sites is 1. The van der Waals surface area contributed by atoms with E-state index in [0.29, 0.717) is 42.3 Å². The van der Waals surface area contributed by atoms with Crippen LogP contribution >= 0.6 is 0 Å². The van der Waals surface area contributed by atoms with E-state index in [2.05, 4.69) is 48.5 Å². The number of phenols is 1. The van der Waals surface area contributed by atoms with Crippen LogP contribution in [0.2, 0.25) is 0 Å². The molecule has 3 saturated heterocycles. The fraction of sp³-hybridized carbons (Fsp3) is 0.491. The average Bonchev–Trinajstić information content (AvgIpc) is 3.92. The molecule has 2 aromatic carbocycles. The molecule has 17 nitrogen and oxygen atoms in total. The number of phenolic OH excluding ortho intramolecular Hbond substituents is 1. The number of piperidine rings is 1. The second-order valence-electron chi connectivity index (χ2n) is 21.0. The summed E-state index contributed by atoms with van der Waals surface area (Å²) in [5.41, 5.74) is 6.24. The Balaban J connectivity index is 0.705. The second kappa shape index (κ2) is 19.0. The lowest BCUT2D eigenvalue weighted by Gasteiger charge is -2.61. The number of aromatic nitrogens is 5. The van der Waals surface area contributed by atoms with Gasteiger partial charge in [0.15, 0.2) is 5.65 Å². The summed E-state index contributed by atoms with van der Waals surface area (Å²) in [7, 11) is 0. The number of aliphatic hydroxyl groups is 2. The van der Waals surface area contributed by atoms with Crippen molar-refractivity contribution >= 4 is 34.8 Å². The van der Waals surface area contributed by atoms with Crippen LogP contribution in [0.15, 0.2) is 67.0 Å². The van der Waals surface area contributed by atoms with Crippen molar-refractivity contribution in [3.8, 4) is 29.4 Å². The summed E-state index contributed by atoms with van der Waals surface area (Å²) >= 11 is 0. The van der Waals surface area contributed by atoms with Crippen molar-refractivity contribution in [3.05, 3.63) is 94.9 Å². The molecule has 70 heavy (non-hydrogen) atoms. The molecular formula is C53H63N11O6. The molecule has 1 aliphatic carbocycles. The largest absolute Gasteiger partial charge is 0.507 e. The van der Waals surface area contributed by atoms with E-state index in [-0.39, 0.29) is 61.7 Å². The molecular weight excluding hydrogens is 887 g/mol. The summed E-state index contributed by atoms with van der Waals surface area (Å²) in [6.07, 6.45) is 13.8. The van der Waals surface area contributed by atoms with Crippen molar-refractivity contribution in [2.24, 2.45) is 10.8 Å². The molecule has 4 fully saturated rings. The number of nitrogens with zero attached hydrogens (tertiary/aromatic N) is 8. The number of H-pyrrole nitrogens is 1. The number of aliphatic hydroxyl groups excluding tert-OH is 2. The van der Waals surface area contributed by atoms with Crippen molar-refractivity contribution in [3.63, 3.8) is 0 Å². The number of terminal acetylenes is 1. The van der Waals surface area contributed by atoms with E-state index in [1.54, 1.807) is 29.2 Å². The summed E-state index contributed by atoms with van der Waals surface area (Å²) in [6, 6.07) is 14.6. The van der Waals surface area contributed by atoms with Crippen LogP contribution in [0.25, 0.3) is 22.3 Å². The number of β-amino-alcohol motifs (C(OH)–C–C–N with tert-alkyl or cyclic N) is 1. The molecule has 17 heteroatoms. The van der Waals surface area contributed by atoms with E-state index in [1.807, 2.05) is 56.6 Å². The highest BCUT2D eigenvalue weighted by molar-refractivity contribution is 5.93. The summed E-state index contributed by atoms with van der Waals surface area (Å²) in [5.74, 6) is 2.98. The Hall–Kier alpha value is -6.61. The van der Waals surface area contributed by atoms with Gasteiger partial charge in [-0.25, -0.2) is 14.8 Å². The summed E-state index contributed by atoms with van der Waals surface area (Å²) in [6.45, 7) is 9.81. The van der Waals surface area contributed by atoms with Crippen molar-refractivity contribution in [2.45, 2.75) is 108 Å². The van der Waals surface area contributed by atoms with Crippen LogP contribution in [0.5, 0.6) is 5.75 Å². The molecule has 0 radical (unpaired) electrons. The van der Waals surface area contributed by atoms with Gasteiger partial charge in [-0.05, 0) is 105 Å². The molecule has 1 spiro atoms. The Kier molecular flexibility index (Phi) is 12.7. The van der Waals surface area contributed by atoms with Gasteiger partial charge in [-0.15, -0.1) is 16.6 Å². The van der Waals surface area contributed by atoms with Gasteiger partial charge in [0.2, 0.25) is 17.8 Å². The fourth-order valence-electron chi connectivity index (χ4n) is 11.8. The van der Waals surface area contributed by atoms with Crippen LogP contribution in [0.4, 0.5) is 10.7 Å². The minimum atomic E-state index is -1.03. The third-order valence-electron chi connectivity index (χ3n) is 16.0. The Morgan fingerprint density at radius 1 is 1.01 bits per heavy atom. The smallest absolute Gasteiger partial charge is 0.318 e. The van der Waals surface area contributed by atoms with Crippen LogP contribution in [-0.2, 0) is 22.6 Å². The van der Waals surface area contributed by atoms with Crippen molar-refractivity contribution < 1.29 is 29.7 Å². The molecule has 4 aliphatic heterocycles. The summed E-state index contributed by atoms with van der Waals surface area (Å²) in [4.78, 5) is 63.0. The Morgan fingerprint density at radius 3 is 2.44 bits per heavy atom. The number of hydrogen-bond acceptors (Lipinski definition) is 12. The summed E-state index contributed by atoms with van der Waals surface area (Å²) < 4.78 is 0. The van der Waals surface area contributed by atoms with Crippen molar-refractivity contribution in [1.82, 2.24) is 50.5 Å². The van der Waals surface area contributed by atoms with E-state index >= 15 is 0 Å². The van der Waals surface area contributed by atoms with E-state index in [1.165, 1.54) is 4.90 Å².